The van der Waals surface area contributed by atoms with Crippen LogP contribution in [0, 0.1) is 5.92 Å². The van der Waals surface area contributed by atoms with Crippen LogP contribution in [0.5, 0.6) is 0 Å². The average Bonchev–Trinajstić information content (AvgIpc) is 2.75. The fourth-order valence-electron chi connectivity index (χ4n) is 1.79. The first-order valence-corrected chi connectivity index (χ1v) is 7.42. The largest absolute Gasteiger partial charge is 0.377 e. The molecule has 0 bridgehead atoms. The SMILES string of the molecule is CC(C)CNCc1cc(CN(C)CCOC(C)C)on1. The molecule has 5 nitrogen and oxygen atoms in total. The van der Waals surface area contributed by atoms with Crippen LogP contribution >= 0.6 is 0 Å². The summed E-state index contributed by atoms with van der Waals surface area (Å²) in [6.45, 7) is 12.6. The van der Waals surface area contributed by atoms with E-state index in [0.717, 1.165) is 44.2 Å². The molecule has 0 aromatic carbocycles. The van der Waals surface area contributed by atoms with Gasteiger partial charge in [0.25, 0.3) is 0 Å². The first-order valence-electron chi connectivity index (χ1n) is 7.42. The summed E-state index contributed by atoms with van der Waals surface area (Å²) >= 11 is 0. The molecule has 1 aromatic rings. The van der Waals surface area contributed by atoms with Crippen LogP contribution in [0.15, 0.2) is 10.6 Å². The maximum absolute atomic E-state index is 5.53. The van der Waals surface area contributed by atoms with E-state index in [0.29, 0.717) is 5.92 Å². The molecule has 1 rings (SSSR count). The Morgan fingerprint density at radius 3 is 2.75 bits per heavy atom. The van der Waals surface area contributed by atoms with Crippen LogP contribution in [0.1, 0.15) is 39.1 Å². The van der Waals surface area contributed by atoms with Crippen LogP contribution in [-0.4, -0.2) is 42.9 Å². The lowest BCUT2D eigenvalue weighted by Gasteiger charge is -2.15. The molecule has 0 aliphatic rings. The van der Waals surface area contributed by atoms with Gasteiger partial charge in [-0.1, -0.05) is 19.0 Å². The van der Waals surface area contributed by atoms with Crippen LogP contribution in [0.4, 0.5) is 0 Å². The molecule has 0 radical (unpaired) electrons. The van der Waals surface area contributed by atoms with Crippen molar-refractivity contribution < 1.29 is 9.26 Å². The minimum Gasteiger partial charge on any atom is -0.377 e. The fourth-order valence-corrected chi connectivity index (χ4v) is 1.79. The van der Waals surface area contributed by atoms with Crippen LogP contribution in [0.3, 0.4) is 0 Å². The van der Waals surface area contributed by atoms with Crippen molar-refractivity contribution in [2.45, 2.75) is 46.9 Å². The van der Waals surface area contributed by atoms with E-state index in [9.17, 15) is 0 Å². The molecule has 0 aliphatic carbocycles. The molecule has 0 unspecified atom stereocenters. The van der Waals surface area contributed by atoms with Crippen LogP contribution < -0.4 is 5.32 Å². The molecule has 0 aliphatic heterocycles. The van der Waals surface area contributed by atoms with E-state index < -0.39 is 0 Å². The smallest absolute Gasteiger partial charge is 0.151 e. The van der Waals surface area contributed by atoms with Gasteiger partial charge >= 0.3 is 0 Å². The van der Waals surface area contributed by atoms with Crippen molar-refractivity contribution in [2.75, 3.05) is 26.7 Å². The van der Waals surface area contributed by atoms with E-state index in [1.165, 1.54) is 0 Å². The van der Waals surface area contributed by atoms with E-state index >= 15 is 0 Å². The molecule has 0 spiro atoms. The van der Waals surface area contributed by atoms with Crippen molar-refractivity contribution in [3.05, 3.63) is 17.5 Å². The van der Waals surface area contributed by atoms with Crippen LogP contribution in [-0.2, 0) is 17.8 Å². The number of likely N-dealkylation sites (N-methyl/N-ethyl adjacent to an activating group) is 1. The van der Waals surface area contributed by atoms with Gasteiger partial charge in [-0.15, -0.1) is 0 Å². The van der Waals surface area contributed by atoms with Crippen LogP contribution in [0.25, 0.3) is 0 Å². The van der Waals surface area contributed by atoms with Crippen molar-refractivity contribution in [3.8, 4) is 0 Å². The summed E-state index contributed by atoms with van der Waals surface area (Å²) < 4.78 is 10.9. The average molecular weight is 283 g/mol. The number of ether oxygens (including phenoxy) is 1. The summed E-state index contributed by atoms with van der Waals surface area (Å²) in [6, 6.07) is 2.02. The van der Waals surface area contributed by atoms with E-state index in [2.05, 4.69) is 36.3 Å². The number of rotatable bonds is 10. The fraction of sp³-hybridized carbons (Fsp3) is 0.800. The van der Waals surface area contributed by atoms with Crippen molar-refractivity contribution in [1.29, 1.82) is 0 Å². The molecule has 0 amide bonds. The summed E-state index contributed by atoms with van der Waals surface area (Å²) in [7, 11) is 2.06. The predicted octanol–water partition coefficient (Wildman–Crippen LogP) is 2.28. The number of aromatic nitrogens is 1. The van der Waals surface area contributed by atoms with Gasteiger partial charge in [0.05, 0.1) is 24.9 Å². The monoisotopic (exact) mass is 283 g/mol. The van der Waals surface area contributed by atoms with E-state index in [1.54, 1.807) is 0 Å². The first-order chi connectivity index (χ1) is 9.47. The summed E-state index contributed by atoms with van der Waals surface area (Å²) in [4.78, 5) is 2.17. The molecule has 1 heterocycles. The molecule has 1 aromatic heterocycles. The van der Waals surface area contributed by atoms with Gasteiger partial charge in [0, 0.05) is 19.2 Å². The second kappa shape index (κ2) is 9.10. The molecular weight excluding hydrogens is 254 g/mol. The third-order valence-corrected chi connectivity index (χ3v) is 2.82. The topological polar surface area (TPSA) is 50.5 Å². The van der Waals surface area contributed by atoms with E-state index in [1.807, 2.05) is 19.9 Å². The van der Waals surface area contributed by atoms with Crippen molar-refractivity contribution in [3.63, 3.8) is 0 Å². The molecule has 0 saturated carbocycles. The lowest BCUT2D eigenvalue weighted by molar-refractivity contribution is 0.0613. The van der Waals surface area contributed by atoms with Gasteiger partial charge in [0.2, 0.25) is 0 Å². The number of nitrogens with one attached hydrogen (secondary N) is 1. The Morgan fingerprint density at radius 2 is 2.10 bits per heavy atom. The van der Waals surface area contributed by atoms with E-state index in [-0.39, 0.29) is 6.10 Å². The number of hydrogen-bond donors (Lipinski definition) is 1. The maximum atomic E-state index is 5.53. The molecule has 0 saturated heterocycles. The summed E-state index contributed by atoms with van der Waals surface area (Å²) in [5.74, 6) is 1.55. The zero-order valence-corrected chi connectivity index (χ0v) is 13.5. The summed E-state index contributed by atoms with van der Waals surface area (Å²) in [5.41, 5.74) is 0.965. The van der Waals surface area contributed by atoms with Gasteiger partial charge < -0.3 is 14.6 Å². The maximum Gasteiger partial charge on any atom is 0.151 e. The van der Waals surface area contributed by atoms with Gasteiger partial charge in [-0.2, -0.15) is 0 Å². The van der Waals surface area contributed by atoms with Crippen molar-refractivity contribution >= 4 is 0 Å². The highest BCUT2D eigenvalue weighted by Crippen LogP contribution is 2.06. The van der Waals surface area contributed by atoms with Crippen LogP contribution in [0.2, 0.25) is 0 Å². The summed E-state index contributed by atoms with van der Waals surface area (Å²) in [5, 5.41) is 7.44. The molecular formula is C15H29N3O2. The Balaban J connectivity index is 2.25. The zero-order valence-electron chi connectivity index (χ0n) is 13.5. The highest BCUT2D eigenvalue weighted by molar-refractivity contribution is 5.05. The van der Waals surface area contributed by atoms with Gasteiger partial charge in [-0.3, -0.25) is 4.90 Å². The van der Waals surface area contributed by atoms with Crippen molar-refractivity contribution in [1.82, 2.24) is 15.4 Å². The minimum atomic E-state index is 0.285. The lowest BCUT2D eigenvalue weighted by atomic mass is 10.2. The molecule has 0 atom stereocenters. The molecule has 0 fully saturated rings. The minimum absolute atomic E-state index is 0.285. The Bertz CT molecular complexity index is 364. The quantitative estimate of drug-likeness (QED) is 0.714. The number of hydrogen-bond acceptors (Lipinski definition) is 5. The summed E-state index contributed by atoms with van der Waals surface area (Å²) in [6.07, 6.45) is 0.285. The molecule has 20 heavy (non-hydrogen) atoms. The molecule has 5 heteroatoms. The van der Waals surface area contributed by atoms with Crippen molar-refractivity contribution in [2.24, 2.45) is 5.92 Å². The molecule has 116 valence electrons. The molecule has 1 N–H and O–H groups in total. The third-order valence-electron chi connectivity index (χ3n) is 2.82. The Kier molecular flexibility index (Phi) is 7.80. The Labute approximate surface area is 122 Å². The predicted molar refractivity (Wildman–Crippen MR) is 80.5 cm³/mol. The third kappa shape index (κ3) is 7.62. The number of nitrogens with zero attached hydrogens (tertiary/aromatic N) is 2. The van der Waals surface area contributed by atoms with Gasteiger partial charge in [-0.25, -0.2) is 0 Å². The lowest BCUT2D eigenvalue weighted by Crippen LogP contribution is -2.23. The van der Waals surface area contributed by atoms with E-state index in [4.69, 9.17) is 9.26 Å². The standard InChI is InChI=1S/C15H29N3O2/c1-12(2)9-16-10-14-8-15(20-17-14)11-18(5)6-7-19-13(3)4/h8,12-13,16H,6-7,9-11H2,1-5H3. The van der Waals surface area contributed by atoms with Gasteiger partial charge in [-0.05, 0) is 33.4 Å². The van der Waals surface area contributed by atoms with Gasteiger partial charge in [0.1, 0.15) is 0 Å². The normalized spacial score (nSPS) is 12.0. The zero-order chi connectivity index (χ0) is 15.0. The highest BCUT2D eigenvalue weighted by Gasteiger charge is 2.07. The highest BCUT2D eigenvalue weighted by atomic mass is 16.5. The van der Waals surface area contributed by atoms with Gasteiger partial charge in [0.15, 0.2) is 5.76 Å². The Morgan fingerprint density at radius 1 is 1.35 bits per heavy atom. The second-order valence-electron chi connectivity index (χ2n) is 5.97. The first kappa shape index (κ1) is 17.1. The second-order valence-corrected chi connectivity index (χ2v) is 5.97. The Hall–Kier alpha value is -0.910.